The predicted molar refractivity (Wildman–Crippen MR) is 79.3 cm³/mol. The number of thioether (sulfide) groups is 1. The van der Waals surface area contributed by atoms with Crippen LogP contribution in [0, 0.1) is 5.82 Å². The zero-order valence-electron chi connectivity index (χ0n) is 11.2. The SMILES string of the molecule is CCc1c(F)ccc2c1CSc1ccccc1[C@H]2C. The fourth-order valence-corrected chi connectivity index (χ4v) is 4.16. The summed E-state index contributed by atoms with van der Waals surface area (Å²) in [5, 5.41) is 0. The van der Waals surface area contributed by atoms with Crippen molar-refractivity contribution in [2.24, 2.45) is 0 Å². The molecule has 0 aliphatic carbocycles. The standard InChI is InChI=1S/C17H17FS/c1-3-12-15-10-19-17-7-5-4-6-14(17)11(2)13(15)8-9-16(12)18/h4-9,11H,3,10H2,1-2H3/t11-/m0/s1. The van der Waals surface area contributed by atoms with Gasteiger partial charge in [0.2, 0.25) is 0 Å². The first kappa shape index (κ1) is 12.7. The van der Waals surface area contributed by atoms with E-state index in [2.05, 4.69) is 31.2 Å². The van der Waals surface area contributed by atoms with Gasteiger partial charge in [-0.25, -0.2) is 4.39 Å². The molecule has 1 aliphatic rings. The Morgan fingerprint density at radius 3 is 2.74 bits per heavy atom. The summed E-state index contributed by atoms with van der Waals surface area (Å²) in [5.41, 5.74) is 4.75. The van der Waals surface area contributed by atoms with Crippen LogP contribution in [0.25, 0.3) is 0 Å². The van der Waals surface area contributed by atoms with Crippen LogP contribution in [-0.4, -0.2) is 0 Å². The van der Waals surface area contributed by atoms with Crippen LogP contribution in [0.4, 0.5) is 4.39 Å². The van der Waals surface area contributed by atoms with Crippen LogP contribution in [0.15, 0.2) is 41.3 Å². The molecule has 2 aromatic carbocycles. The third-order valence-electron chi connectivity index (χ3n) is 3.99. The quantitative estimate of drug-likeness (QED) is 0.692. The Morgan fingerprint density at radius 2 is 1.95 bits per heavy atom. The lowest BCUT2D eigenvalue weighted by atomic mass is 9.87. The minimum Gasteiger partial charge on any atom is -0.207 e. The predicted octanol–water partition coefficient (Wildman–Crippen LogP) is 5.15. The lowest BCUT2D eigenvalue weighted by Gasteiger charge is -2.17. The maximum absolute atomic E-state index is 14.0. The van der Waals surface area contributed by atoms with E-state index >= 15 is 0 Å². The number of hydrogen-bond acceptors (Lipinski definition) is 1. The molecular formula is C17H17FS. The number of halogens is 1. The molecule has 1 aliphatic heterocycles. The molecule has 0 aromatic heterocycles. The van der Waals surface area contributed by atoms with E-state index in [4.69, 9.17) is 0 Å². The summed E-state index contributed by atoms with van der Waals surface area (Å²) in [7, 11) is 0. The zero-order chi connectivity index (χ0) is 13.4. The summed E-state index contributed by atoms with van der Waals surface area (Å²) in [5.74, 6) is 1.16. The highest BCUT2D eigenvalue weighted by molar-refractivity contribution is 7.98. The summed E-state index contributed by atoms with van der Waals surface area (Å²) in [4.78, 5) is 1.33. The van der Waals surface area contributed by atoms with E-state index in [1.54, 1.807) is 6.07 Å². The molecule has 98 valence electrons. The molecule has 0 nitrogen and oxygen atoms in total. The van der Waals surface area contributed by atoms with Gasteiger partial charge in [0.05, 0.1) is 0 Å². The molecule has 3 rings (SSSR count). The van der Waals surface area contributed by atoms with Crippen molar-refractivity contribution in [1.82, 2.24) is 0 Å². The largest absolute Gasteiger partial charge is 0.207 e. The number of rotatable bonds is 1. The van der Waals surface area contributed by atoms with Gasteiger partial charge in [-0.2, -0.15) is 0 Å². The lowest BCUT2D eigenvalue weighted by molar-refractivity contribution is 0.608. The zero-order valence-corrected chi connectivity index (χ0v) is 12.1. The van der Waals surface area contributed by atoms with E-state index in [1.807, 2.05) is 24.8 Å². The fourth-order valence-electron chi connectivity index (χ4n) is 2.93. The first-order chi connectivity index (χ1) is 9.22. The Bertz CT molecular complexity index is 619. The number of fused-ring (bicyclic) bond motifs is 2. The molecule has 0 saturated carbocycles. The number of hydrogen-bond donors (Lipinski definition) is 0. The van der Waals surface area contributed by atoms with Crippen LogP contribution < -0.4 is 0 Å². The summed E-state index contributed by atoms with van der Waals surface area (Å²) < 4.78 is 14.0. The van der Waals surface area contributed by atoms with Crippen molar-refractivity contribution >= 4 is 11.8 Å². The van der Waals surface area contributed by atoms with Gasteiger partial charge in [0.25, 0.3) is 0 Å². The van der Waals surface area contributed by atoms with Crippen molar-refractivity contribution in [3.8, 4) is 0 Å². The van der Waals surface area contributed by atoms with Gasteiger partial charge in [-0.3, -0.25) is 0 Å². The molecule has 1 heterocycles. The molecule has 1 atom stereocenters. The van der Waals surface area contributed by atoms with E-state index in [-0.39, 0.29) is 5.82 Å². The average Bonchev–Trinajstić information content (AvgIpc) is 2.57. The smallest absolute Gasteiger partial charge is 0.126 e. The molecule has 0 bridgehead atoms. The summed E-state index contributed by atoms with van der Waals surface area (Å²) in [6.45, 7) is 4.26. The molecular weight excluding hydrogens is 255 g/mol. The first-order valence-corrected chi connectivity index (χ1v) is 7.72. The topological polar surface area (TPSA) is 0 Å². The van der Waals surface area contributed by atoms with Crippen LogP contribution in [0.2, 0.25) is 0 Å². The van der Waals surface area contributed by atoms with Gasteiger partial charge >= 0.3 is 0 Å². The lowest BCUT2D eigenvalue weighted by Crippen LogP contribution is -2.04. The molecule has 0 spiro atoms. The fraction of sp³-hybridized carbons (Fsp3) is 0.294. The van der Waals surface area contributed by atoms with E-state index in [0.29, 0.717) is 5.92 Å². The van der Waals surface area contributed by atoms with Crippen LogP contribution in [-0.2, 0) is 12.2 Å². The Morgan fingerprint density at radius 1 is 1.16 bits per heavy atom. The van der Waals surface area contributed by atoms with Gasteiger partial charge in [-0.1, -0.05) is 38.1 Å². The molecule has 0 unspecified atom stereocenters. The molecule has 0 amide bonds. The minimum atomic E-state index is -0.0555. The third-order valence-corrected chi connectivity index (χ3v) is 5.10. The first-order valence-electron chi connectivity index (χ1n) is 6.74. The Hall–Kier alpha value is -1.28. The highest BCUT2D eigenvalue weighted by Crippen LogP contribution is 2.41. The van der Waals surface area contributed by atoms with Crippen LogP contribution in [0.1, 0.15) is 42.0 Å². The Kier molecular flexibility index (Phi) is 3.36. The second kappa shape index (κ2) is 5.01. The van der Waals surface area contributed by atoms with Crippen molar-refractivity contribution in [2.45, 2.75) is 36.8 Å². The third kappa shape index (κ3) is 2.08. The van der Waals surface area contributed by atoms with Crippen LogP contribution in [0.5, 0.6) is 0 Å². The van der Waals surface area contributed by atoms with Gasteiger partial charge in [0, 0.05) is 16.6 Å². The molecule has 2 heteroatoms. The molecule has 0 saturated heterocycles. The molecule has 2 aromatic rings. The second-order valence-corrected chi connectivity index (χ2v) is 6.01. The van der Waals surface area contributed by atoms with Gasteiger partial charge in [0.1, 0.15) is 5.82 Å². The van der Waals surface area contributed by atoms with Gasteiger partial charge in [-0.05, 0) is 40.8 Å². The highest BCUT2D eigenvalue weighted by atomic mass is 32.2. The summed E-state index contributed by atoms with van der Waals surface area (Å²) in [6, 6.07) is 12.1. The minimum absolute atomic E-state index is 0.0555. The van der Waals surface area contributed by atoms with E-state index in [0.717, 1.165) is 17.7 Å². The van der Waals surface area contributed by atoms with Crippen molar-refractivity contribution < 1.29 is 4.39 Å². The maximum atomic E-state index is 14.0. The summed E-state index contributed by atoms with van der Waals surface area (Å²) >= 11 is 1.83. The van der Waals surface area contributed by atoms with Crippen molar-refractivity contribution in [1.29, 1.82) is 0 Å². The van der Waals surface area contributed by atoms with Gasteiger partial charge in [-0.15, -0.1) is 11.8 Å². The average molecular weight is 272 g/mol. The van der Waals surface area contributed by atoms with E-state index in [9.17, 15) is 4.39 Å². The van der Waals surface area contributed by atoms with Crippen molar-refractivity contribution in [3.63, 3.8) is 0 Å². The monoisotopic (exact) mass is 272 g/mol. The van der Waals surface area contributed by atoms with Crippen molar-refractivity contribution in [2.75, 3.05) is 0 Å². The van der Waals surface area contributed by atoms with Crippen LogP contribution >= 0.6 is 11.8 Å². The Labute approximate surface area is 118 Å². The molecule has 0 N–H and O–H groups in total. The van der Waals surface area contributed by atoms with Gasteiger partial charge in [0.15, 0.2) is 0 Å². The summed E-state index contributed by atoms with van der Waals surface area (Å²) in [6.07, 6.45) is 0.763. The van der Waals surface area contributed by atoms with Gasteiger partial charge < -0.3 is 0 Å². The Balaban J connectivity index is 2.20. The maximum Gasteiger partial charge on any atom is 0.126 e. The molecule has 19 heavy (non-hydrogen) atoms. The van der Waals surface area contributed by atoms with Crippen LogP contribution in [0.3, 0.4) is 0 Å². The van der Waals surface area contributed by atoms with E-state index < -0.39 is 0 Å². The molecule has 0 fully saturated rings. The normalized spacial score (nSPS) is 17.5. The number of benzene rings is 2. The second-order valence-electron chi connectivity index (χ2n) is 5.00. The molecule has 0 radical (unpaired) electrons. The highest BCUT2D eigenvalue weighted by Gasteiger charge is 2.23. The van der Waals surface area contributed by atoms with Crippen molar-refractivity contribution in [3.05, 3.63) is 64.5 Å². The van der Waals surface area contributed by atoms with E-state index in [1.165, 1.54) is 21.6 Å².